The maximum Gasteiger partial charge on any atom is 0.238 e. The van der Waals surface area contributed by atoms with Crippen LogP contribution in [-0.2, 0) is 11.3 Å². The fourth-order valence-corrected chi connectivity index (χ4v) is 3.26. The van der Waals surface area contributed by atoms with Crippen LogP contribution < -0.4 is 5.32 Å². The van der Waals surface area contributed by atoms with Crippen molar-refractivity contribution in [1.82, 2.24) is 9.80 Å². The number of hydrogen-bond donors (Lipinski definition) is 1. The molecule has 1 aliphatic rings. The number of rotatable bonds is 5. The smallest absolute Gasteiger partial charge is 0.238 e. The first kappa shape index (κ1) is 19.1. The molecule has 0 aliphatic carbocycles. The first-order chi connectivity index (χ1) is 12.5. The third kappa shape index (κ3) is 5.42. The van der Waals surface area contributed by atoms with Gasteiger partial charge in [-0.25, -0.2) is 4.39 Å². The molecule has 26 heavy (non-hydrogen) atoms. The Morgan fingerprint density at radius 1 is 0.962 bits per heavy atom. The molecule has 0 aromatic heterocycles. The van der Waals surface area contributed by atoms with Crippen molar-refractivity contribution in [2.24, 2.45) is 0 Å². The summed E-state index contributed by atoms with van der Waals surface area (Å²) in [7, 11) is 0. The lowest BCUT2D eigenvalue weighted by Crippen LogP contribution is -2.48. The van der Waals surface area contributed by atoms with E-state index in [0.29, 0.717) is 22.3 Å². The summed E-state index contributed by atoms with van der Waals surface area (Å²) < 4.78 is 12.9. The van der Waals surface area contributed by atoms with Gasteiger partial charge in [-0.1, -0.05) is 29.3 Å². The molecule has 1 fully saturated rings. The van der Waals surface area contributed by atoms with Crippen molar-refractivity contribution in [3.63, 3.8) is 0 Å². The van der Waals surface area contributed by atoms with Crippen molar-refractivity contribution in [1.29, 1.82) is 0 Å². The molecular formula is C19H20Cl2FN3O. The highest BCUT2D eigenvalue weighted by Gasteiger charge is 2.19. The number of anilines is 1. The zero-order valence-corrected chi connectivity index (χ0v) is 15.7. The van der Waals surface area contributed by atoms with Gasteiger partial charge in [-0.15, -0.1) is 0 Å². The number of carbonyl (C=O) groups excluding carboxylic acids is 1. The lowest BCUT2D eigenvalue weighted by molar-refractivity contribution is -0.117. The molecule has 1 amide bonds. The molecule has 1 aliphatic heterocycles. The van der Waals surface area contributed by atoms with E-state index in [1.54, 1.807) is 12.1 Å². The maximum absolute atomic E-state index is 12.9. The largest absolute Gasteiger partial charge is 0.325 e. The summed E-state index contributed by atoms with van der Waals surface area (Å²) in [6, 6.07) is 11.5. The Labute approximate surface area is 162 Å². The second-order valence-electron chi connectivity index (χ2n) is 6.36. The van der Waals surface area contributed by atoms with Crippen molar-refractivity contribution >= 4 is 34.8 Å². The molecule has 1 saturated heterocycles. The summed E-state index contributed by atoms with van der Waals surface area (Å²) >= 11 is 12.0. The molecular weight excluding hydrogens is 376 g/mol. The second-order valence-corrected chi connectivity index (χ2v) is 7.17. The van der Waals surface area contributed by atoms with Crippen LogP contribution in [0.15, 0.2) is 42.5 Å². The van der Waals surface area contributed by atoms with E-state index < -0.39 is 0 Å². The van der Waals surface area contributed by atoms with E-state index in [9.17, 15) is 9.18 Å². The predicted octanol–water partition coefficient (Wildman–Crippen LogP) is 3.89. The molecule has 2 aromatic rings. The number of nitrogens with zero attached hydrogens (tertiary/aromatic N) is 2. The van der Waals surface area contributed by atoms with E-state index in [-0.39, 0.29) is 11.7 Å². The van der Waals surface area contributed by atoms with Gasteiger partial charge in [0, 0.05) is 38.4 Å². The monoisotopic (exact) mass is 395 g/mol. The van der Waals surface area contributed by atoms with Gasteiger partial charge in [-0.05, 0) is 42.0 Å². The van der Waals surface area contributed by atoms with Gasteiger partial charge in [-0.3, -0.25) is 14.6 Å². The summed E-state index contributed by atoms with van der Waals surface area (Å²) in [6.45, 7) is 4.54. The average molecular weight is 396 g/mol. The van der Waals surface area contributed by atoms with Crippen molar-refractivity contribution < 1.29 is 9.18 Å². The van der Waals surface area contributed by atoms with Gasteiger partial charge in [0.05, 0.1) is 16.6 Å². The standard InChI is InChI=1S/C19H20Cl2FN3O/c20-17-6-1-14(11-18(17)21)12-24-7-9-25(10-8-24)13-19(26)23-16-4-2-15(22)3-5-16/h1-6,11H,7-10,12-13H2,(H,23,26). The number of amides is 1. The zero-order chi connectivity index (χ0) is 18.5. The number of hydrogen-bond acceptors (Lipinski definition) is 3. The lowest BCUT2D eigenvalue weighted by Gasteiger charge is -2.34. The molecule has 1 N–H and O–H groups in total. The Morgan fingerprint density at radius 2 is 1.62 bits per heavy atom. The first-order valence-electron chi connectivity index (χ1n) is 8.43. The molecule has 4 nitrogen and oxygen atoms in total. The second kappa shape index (κ2) is 8.82. The van der Waals surface area contributed by atoms with Gasteiger partial charge in [0.15, 0.2) is 0 Å². The highest BCUT2D eigenvalue weighted by molar-refractivity contribution is 6.42. The van der Waals surface area contributed by atoms with Crippen molar-refractivity contribution in [3.8, 4) is 0 Å². The van der Waals surface area contributed by atoms with Gasteiger partial charge in [-0.2, -0.15) is 0 Å². The highest BCUT2D eigenvalue weighted by Crippen LogP contribution is 2.23. The minimum atomic E-state index is -0.318. The van der Waals surface area contributed by atoms with E-state index in [4.69, 9.17) is 23.2 Å². The fraction of sp³-hybridized carbons (Fsp3) is 0.316. The molecule has 0 bridgehead atoms. The Balaban J connectivity index is 1.43. The Kier molecular flexibility index (Phi) is 6.48. The molecule has 0 radical (unpaired) electrons. The summed E-state index contributed by atoms with van der Waals surface area (Å²) in [4.78, 5) is 16.6. The number of piperazine rings is 1. The van der Waals surface area contributed by atoms with Crippen LogP contribution in [0.4, 0.5) is 10.1 Å². The molecule has 0 unspecified atom stereocenters. The minimum absolute atomic E-state index is 0.0884. The SMILES string of the molecule is O=C(CN1CCN(Cc2ccc(Cl)c(Cl)c2)CC1)Nc1ccc(F)cc1. The van der Waals surface area contributed by atoms with Gasteiger partial charge in [0.1, 0.15) is 5.82 Å². The zero-order valence-electron chi connectivity index (χ0n) is 14.2. The number of carbonyl (C=O) groups is 1. The van der Waals surface area contributed by atoms with Crippen molar-refractivity contribution in [2.75, 3.05) is 38.0 Å². The van der Waals surface area contributed by atoms with E-state index in [1.165, 1.54) is 12.1 Å². The topological polar surface area (TPSA) is 35.6 Å². The maximum atomic E-state index is 12.9. The third-order valence-corrected chi connectivity index (χ3v) is 5.09. The summed E-state index contributed by atoms with van der Waals surface area (Å²) in [5.74, 6) is -0.407. The summed E-state index contributed by atoms with van der Waals surface area (Å²) in [5.41, 5.74) is 1.73. The molecule has 0 saturated carbocycles. The predicted molar refractivity (Wildman–Crippen MR) is 103 cm³/mol. The summed E-state index contributed by atoms with van der Waals surface area (Å²) in [6.07, 6.45) is 0. The summed E-state index contributed by atoms with van der Waals surface area (Å²) in [5, 5.41) is 3.92. The van der Waals surface area contributed by atoms with Crippen LogP contribution in [-0.4, -0.2) is 48.4 Å². The van der Waals surface area contributed by atoms with Gasteiger partial charge in [0.2, 0.25) is 5.91 Å². The van der Waals surface area contributed by atoms with Crippen LogP contribution in [0.3, 0.4) is 0 Å². The molecule has 1 heterocycles. The van der Waals surface area contributed by atoms with Crippen LogP contribution in [0.5, 0.6) is 0 Å². The van der Waals surface area contributed by atoms with Crippen molar-refractivity contribution in [2.45, 2.75) is 6.54 Å². The van der Waals surface area contributed by atoms with Gasteiger partial charge >= 0.3 is 0 Å². The molecule has 138 valence electrons. The Bertz CT molecular complexity index is 762. The average Bonchev–Trinajstić information content (AvgIpc) is 2.62. The third-order valence-electron chi connectivity index (χ3n) is 4.35. The molecule has 3 rings (SSSR count). The molecule has 0 atom stereocenters. The molecule has 2 aromatic carbocycles. The van der Waals surface area contributed by atoms with Crippen LogP contribution in [0.25, 0.3) is 0 Å². The fourth-order valence-electron chi connectivity index (χ4n) is 2.94. The van der Waals surface area contributed by atoms with Crippen molar-refractivity contribution in [3.05, 3.63) is 63.9 Å². The van der Waals surface area contributed by atoms with Gasteiger partial charge < -0.3 is 5.32 Å². The quantitative estimate of drug-likeness (QED) is 0.833. The number of halogens is 3. The van der Waals surface area contributed by atoms with Crippen LogP contribution in [0.2, 0.25) is 10.0 Å². The van der Waals surface area contributed by atoms with Crippen LogP contribution >= 0.6 is 23.2 Å². The van der Waals surface area contributed by atoms with E-state index in [0.717, 1.165) is 38.3 Å². The molecule has 7 heteroatoms. The van der Waals surface area contributed by atoms with E-state index in [1.807, 2.05) is 18.2 Å². The Morgan fingerprint density at radius 3 is 2.27 bits per heavy atom. The van der Waals surface area contributed by atoms with E-state index >= 15 is 0 Å². The Hall–Kier alpha value is -1.66. The number of benzene rings is 2. The van der Waals surface area contributed by atoms with Crippen LogP contribution in [0.1, 0.15) is 5.56 Å². The number of nitrogens with one attached hydrogen (secondary N) is 1. The van der Waals surface area contributed by atoms with E-state index in [2.05, 4.69) is 15.1 Å². The van der Waals surface area contributed by atoms with Gasteiger partial charge in [0.25, 0.3) is 0 Å². The highest BCUT2D eigenvalue weighted by atomic mass is 35.5. The normalized spacial score (nSPS) is 15.8. The minimum Gasteiger partial charge on any atom is -0.325 e. The van der Waals surface area contributed by atoms with Crippen LogP contribution in [0, 0.1) is 5.82 Å². The lowest BCUT2D eigenvalue weighted by atomic mass is 10.2. The molecule has 0 spiro atoms. The first-order valence-corrected chi connectivity index (χ1v) is 9.19.